The van der Waals surface area contributed by atoms with Crippen LogP contribution in [0.3, 0.4) is 0 Å². The first-order chi connectivity index (χ1) is 17.4. The maximum Gasteiger partial charge on any atom is 0.253 e. The van der Waals surface area contributed by atoms with Crippen LogP contribution in [0.2, 0.25) is 5.02 Å². The van der Waals surface area contributed by atoms with Crippen LogP contribution in [0, 0.1) is 0 Å². The van der Waals surface area contributed by atoms with Gasteiger partial charge in [-0.05, 0) is 48.5 Å². The zero-order valence-electron chi connectivity index (χ0n) is 20.3. The molecule has 1 fully saturated rings. The lowest BCUT2D eigenvalue weighted by molar-refractivity contribution is -0.118. The number of ether oxygens (including phenoxy) is 1. The number of benzene rings is 2. The Hall–Kier alpha value is -3.85. The summed E-state index contributed by atoms with van der Waals surface area (Å²) in [5, 5.41) is 6.67. The number of rotatable bonds is 8. The molecule has 2 aromatic carbocycles. The van der Waals surface area contributed by atoms with Crippen LogP contribution in [0.5, 0.6) is 5.75 Å². The summed E-state index contributed by atoms with van der Waals surface area (Å²) >= 11 is 6.06. The van der Waals surface area contributed by atoms with Crippen LogP contribution in [-0.2, 0) is 4.79 Å². The standard InChI is InChI=1S/C26H29ClN6O3/c1-18(34)28-11-12-29-23-17-24(31-25(30-23)19-3-7-21(27)8-4-19)32-13-15-33(16-14-32)26(35)20-5-9-22(36-2)10-6-20/h3-10,17H,11-16H2,1-2H3,(H,28,34)(H,29,30,31). The summed E-state index contributed by atoms with van der Waals surface area (Å²) in [7, 11) is 1.60. The van der Waals surface area contributed by atoms with Gasteiger partial charge in [-0.25, -0.2) is 9.97 Å². The van der Waals surface area contributed by atoms with Gasteiger partial charge in [-0.15, -0.1) is 0 Å². The number of aromatic nitrogens is 2. The average molecular weight is 509 g/mol. The quantitative estimate of drug-likeness (QED) is 0.450. The zero-order valence-corrected chi connectivity index (χ0v) is 21.1. The molecule has 0 radical (unpaired) electrons. The highest BCUT2D eigenvalue weighted by molar-refractivity contribution is 6.30. The number of anilines is 2. The van der Waals surface area contributed by atoms with Gasteiger partial charge >= 0.3 is 0 Å². The Morgan fingerprint density at radius 1 is 0.972 bits per heavy atom. The Bertz CT molecular complexity index is 1200. The van der Waals surface area contributed by atoms with Crippen molar-refractivity contribution in [1.82, 2.24) is 20.2 Å². The minimum atomic E-state index is -0.0795. The monoisotopic (exact) mass is 508 g/mol. The predicted molar refractivity (Wildman–Crippen MR) is 141 cm³/mol. The fourth-order valence-corrected chi connectivity index (χ4v) is 4.02. The van der Waals surface area contributed by atoms with Gasteiger partial charge in [0.25, 0.3) is 5.91 Å². The van der Waals surface area contributed by atoms with Crippen LogP contribution in [0.4, 0.5) is 11.6 Å². The summed E-state index contributed by atoms with van der Waals surface area (Å²) < 4.78 is 5.18. The number of halogens is 1. The summed E-state index contributed by atoms with van der Waals surface area (Å²) in [4.78, 5) is 37.6. The molecule has 0 atom stereocenters. The van der Waals surface area contributed by atoms with Crippen molar-refractivity contribution >= 4 is 35.1 Å². The molecule has 3 aromatic rings. The molecule has 9 nitrogen and oxygen atoms in total. The number of nitrogens with zero attached hydrogens (tertiary/aromatic N) is 4. The molecule has 10 heteroatoms. The first-order valence-electron chi connectivity index (χ1n) is 11.7. The minimum Gasteiger partial charge on any atom is -0.497 e. The second-order valence-corrected chi connectivity index (χ2v) is 8.80. The predicted octanol–water partition coefficient (Wildman–Crippen LogP) is 3.32. The number of piperazine rings is 1. The molecule has 1 aliphatic heterocycles. The van der Waals surface area contributed by atoms with Crippen molar-refractivity contribution < 1.29 is 14.3 Å². The van der Waals surface area contributed by atoms with Crippen molar-refractivity contribution in [3.8, 4) is 17.1 Å². The van der Waals surface area contributed by atoms with Gasteiger partial charge < -0.3 is 25.2 Å². The van der Waals surface area contributed by atoms with Gasteiger partial charge in [-0.1, -0.05) is 11.6 Å². The highest BCUT2D eigenvalue weighted by Crippen LogP contribution is 2.25. The van der Waals surface area contributed by atoms with Crippen LogP contribution in [0.25, 0.3) is 11.4 Å². The number of methoxy groups -OCH3 is 1. The summed E-state index contributed by atoms with van der Waals surface area (Å²) in [5.41, 5.74) is 1.49. The Labute approximate surface area is 215 Å². The van der Waals surface area contributed by atoms with Crippen LogP contribution >= 0.6 is 11.6 Å². The molecule has 188 valence electrons. The van der Waals surface area contributed by atoms with Crippen LogP contribution in [-0.4, -0.2) is 73.1 Å². The van der Waals surface area contributed by atoms with Crippen molar-refractivity contribution in [2.75, 3.05) is 56.6 Å². The average Bonchev–Trinajstić information content (AvgIpc) is 2.91. The van der Waals surface area contributed by atoms with E-state index in [2.05, 4.69) is 20.5 Å². The third kappa shape index (κ3) is 6.42. The molecule has 0 saturated carbocycles. The Balaban J connectivity index is 1.48. The molecule has 2 heterocycles. The number of hydrogen-bond donors (Lipinski definition) is 2. The molecule has 2 amide bonds. The number of nitrogens with one attached hydrogen (secondary N) is 2. The first kappa shape index (κ1) is 25.2. The normalized spacial score (nSPS) is 13.3. The first-order valence-corrected chi connectivity index (χ1v) is 12.1. The van der Waals surface area contributed by atoms with Crippen molar-refractivity contribution in [2.45, 2.75) is 6.92 Å². The summed E-state index contributed by atoms with van der Waals surface area (Å²) in [6, 6.07) is 16.4. The Morgan fingerprint density at radius 3 is 2.31 bits per heavy atom. The third-order valence-electron chi connectivity index (χ3n) is 5.85. The summed E-state index contributed by atoms with van der Waals surface area (Å²) in [6.07, 6.45) is 0. The topological polar surface area (TPSA) is 99.7 Å². The van der Waals surface area contributed by atoms with Gasteiger partial charge in [-0.3, -0.25) is 9.59 Å². The van der Waals surface area contributed by atoms with E-state index >= 15 is 0 Å². The van der Waals surface area contributed by atoms with Crippen LogP contribution in [0.15, 0.2) is 54.6 Å². The van der Waals surface area contributed by atoms with Gasteiger partial charge in [-0.2, -0.15) is 0 Å². The maximum atomic E-state index is 12.9. The SMILES string of the molecule is COc1ccc(C(=O)N2CCN(c3cc(NCCNC(C)=O)nc(-c4ccc(Cl)cc4)n3)CC2)cc1. The van der Waals surface area contributed by atoms with E-state index in [4.69, 9.17) is 21.3 Å². The molecule has 0 aliphatic carbocycles. The van der Waals surface area contributed by atoms with Gasteiger partial charge in [0.15, 0.2) is 5.82 Å². The van der Waals surface area contributed by atoms with Crippen molar-refractivity contribution in [2.24, 2.45) is 0 Å². The molecular weight excluding hydrogens is 480 g/mol. The molecule has 0 spiro atoms. The van der Waals surface area contributed by atoms with Gasteiger partial charge in [0.1, 0.15) is 17.4 Å². The van der Waals surface area contributed by atoms with E-state index in [9.17, 15) is 9.59 Å². The van der Waals surface area contributed by atoms with E-state index in [0.29, 0.717) is 61.5 Å². The van der Waals surface area contributed by atoms with Crippen LogP contribution < -0.4 is 20.3 Å². The lowest BCUT2D eigenvalue weighted by Crippen LogP contribution is -2.49. The third-order valence-corrected chi connectivity index (χ3v) is 6.10. The molecule has 1 saturated heterocycles. The molecule has 4 rings (SSSR count). The van der Waals surface area contributed by atoms with E-state index in [-0.39, 0.29) is 11.8 Å². The highest BCUT2D eigenvalue weighted by Gasteiger charge is 2.24. The molecule has 36 heavy (non-hydrogen) atoms. The Kier molecular flexibility index (Phi) is 8.22. The highest BCUT2D eigenvalue weighted by atomic mass is 35.5. The van der Waals surface area contributed by atoms with Gasteiger partial charge in [0.05, 0.1) is 7.11 Å². The molecule has 1 aliphatic rings. The fraction of sp³-hybridized carbons (Fsp3) is 0.308. The molecule has 0 unspecified atom stereocenters. The van der Waals surface area contributed by atoms with E-state index in [1.54, 1.807) is 43.5 Å². The lowest BCUT2D eigenvalue weighted by atomic mass is 10.1. The second kappa shape index (κ2) is 11.7. The summed E-state index contributed by atoms with van der Waals surface area (Å²) in [5.74, 6) is 2.65. The molecule has 2 N–H and O–H groups in total. The minimum absolute atomic E-state index is 0.00201. The molecule has 0 bridgehead atoms. The van der Waals surface area contributed by atoms with Gasteiger partial charge in [0.2, 0.25) is 5.91 Å². The number of amides is 2. The van der Waals surface area contributed by atoms with Crippen molar-refractivity contribution in [1.29, 1.82) is 0 Å². The summed E-state index contributed by atoms with van der Waals surface area (Å²) in [6.45, 7) is 4.94. The smallest absolute Gasteiger partial charge is 0.253 e. The van der Waals surface area contributed by atoms with Crippen molar-refractivity contribution in [3.05, 3.63) is 65.2 Å². The number of hydrogen-bond acceptors (Lipinski definition) is 7. The van der Waals surface area contributed by atoms with Crippen LogP contribution in [0.1, 0.15) is 17.3 Å². The molecular formula is C26H29ClN6O3. The second-order valence-electron chi connectivity index (χ2n) is 8.36. The lowest BCUT2D eigenvalue weighted by Gasteiger charge is -2.35. The van der Waals surface area contributed by atoms with Crippen molar-refractivity contribution in [3.63, 3.8) is 0 Å². The van der Waals surface area contributed by atoms with E-state index in [1.807, 2.05) is 23.1 Å². The Morgan fingerprint density at radius 2 is 1.67 bits per heavy atom. The number of carbonyl (C=O) groups excluding carboxylic acids is 2. The fourth-order valence-electron chi connectivity index (χ4n) is 3.90. The van der Waals surface area contributed by atoms with E-state index in [0.717, 1.165) is 17.1 Å². The van der Waals surface area contributed by atoms with Gasteiger partial charge in [0, 0.05) is 68.4 Å². The zero-order chi connectivity index (χ0) is 25.5. The molecule has 1 aromatic heterocycles. The number of carbonyl (C=O) groups is 2. The largest absolute Gasteiger partial charge is 0.497 e. The van der Waals surface area contributed by atoms with E-state index < -0.39 is 0 Å². The maximum absolute atomic E-state index is 12.9. The van der Waals surface area contributed by atoms with E-state index in [1.165, 1.54) is 6.92 Å².